The van der Waals surface area contributed by atoms with Crippen LogP contribution in [-0.4, -0.2) is 86.3 Å². The number of aromatic carboxylic acids is 1. The highest BCUT2D eigenvalue weighted by atomic mass is 32.2. The molecular weight excluding hydrogens is 586 g/mol. The highest BCUT2D eigenvalue weighted by molar-refractivity contribution is 7.92. The van der Waals surface area contributed by atoms with Gasteiger partial charge in [-0.15, -0.1) is 0 Å². The summed E-state index contributed by atoms with van der Waals surface area (Å²) in [4.78, 5) is 28.5. The van der Waals surface area contributed by atoms with E-state index in [1.807, 2.05) is 14.0 Å². The Morgan fingerprint density at radius 3 is 2.43 bits per heavy atom. The molecule has 0 fully saturated rings. The van der Waals surface area contributed by atoms with Gasteiger partial charge in [0, 0.05) is 36.8 Å². The minimum atomic E-state index is -3.92. The number of likely N-dealkylation sites (N-methyl/N-ethyl adjacent to an activating group) is 1. The Kier molecular flexibility index (Phi) is 10.5. The van der Waals surface area contributed by atoms with E-state index in [2.05, 4.69) is 9.62 Å². The lowest BCUT2D eigenvalue weighted by molar-refractivity contribution is -0.134. The third-order valence-electron chi connectivity index (χ3n) is 7.68. The molecule has 1 aliphatic heterocycles. The van der Waals surface area contributed by atoms with E-state index in [9.17, 15) is 28.2 Å². The standard InChI is InChI=1S/C32H39N3O8S/c1-21-17-35(22(2)20-36)31(37)16-25-15-26(33-44(40,41)28-12-10-27(42-4)11-13-28)9-14-29(25)43-30(21)19-34(3)18-23-5-7-24(8-6-23)32(38)39/h5-15,21-22,30,33,36H,16-20H2,1-4H3,(H,38,39)/t21-,22+,30-/m0/s1. The maximum atomic E-state index is 13.5. The first-order chi connectivity index (χ1) is 20.9. The van der Waals surface area contributed by atoms with Gasteiger partial charge >= 0.3 is 5.97 Å². The molecular formula is C32H39N3O8S. The molecule has 11 nitrogen and oxygen atoms in total. The summed E-state index contributed by atoms with van der Waals surface area (Å²) in [6.45, 7) is 4.96. The number of aliphatic hydroxyl groups excluding tert-OH is 1. The number of sulfonamides is 1. The Labute approximate surface area is 258 Å². The number of nitrogens with one attached hydrogen (secondary N) is 1. The number of rotatable bonds is 11. The number of carboxylic acid groups (broad SMARTS) is 1. The fourth-order valence-electron chi connectivity index (χ4n) is 5.12. The van der Waals surface area contributed by atoms with Crippen LogP contribution in [-0.2, 0) is 27.8 Å². The smallest absolute Gasteiger partial charge is 0.335 e. The molecule has 0 aromatic heterocycles. The summed E-state index contributed by atoms with van der Waals surface area (Å²) in [5.41, 5.74) is 1.96. The van der Waals surface area contributed by atoms with Gasteiger partial charge in [-0.05, 0) is 74.1 Å². The normalized spacial score (nSPS) is 18.0. The third kappa shape index (κ3) is 8.07. The van der Waals surface area contributed by atoms with Gasteiger partial charge in [-0.3, -0.25) is 14.4 Å². The molecule has 1 aliphatic rings. The lowest BCUT2D eigenvalue weighted by Crippen LogP contribution is -2.47. The number of anilines is 1. The molecule has 44 heavy (non-hydrogen) atoms. The van der Waals surface area contributed by atoms with Crippen molar-refractivity contribution in [2.45, 2.75) is 43.9 Å². The second-order valence-electron chi connectivity index (χ2n) is 11.2. The van der Waals surface area contributed by atoms with Gasteiger partial charge in [0.1, 0.15) is 17.6 Å². The zero-order valence-corrected chi connectivity index (χ0v) is 26.1. The molecule has 3 aromatic rings. The minimum Gasteiger partial charge on any atom is -0.497 e. The lowest BCUT2D eigenvalue weighted by atomic mass is 10.0. The number of nitrogens with zero attached hydrogens (tertiary/aromatic N) is 2. The molecule has 0 radical (unpaired) electrons. The average molecular weight is 626 g/mol. The van der Waals surface area contributed by atoms with Crippen LogP contribution >= 0.6 is 0 Å². The number of hydrogen-bond donors (Lipinski definition) is 3. The van der Waals surface area contributed by atoms with Crippen LogP contribution in [0.1, 0.15) is 35.3 Å². The lowest BCUT2D eigenvalue weighted by Gasteiger charge is -2.34. The van der Waals surface area contributed by atoms with Crippen LogP contribution in [0.2, 0.25) is 0 Å². The van der Waals surface area contributed by atoms with Crippen molar-refractivity contribution in [2.24, 2.45) is 5.92 Å². The number of fused-ring (bicyclic) bond motifs is 1. The van der Waals surface area contributed by atoms with Gasteiger partial charge in [0.25, 0.3) is 10.0 Å². The van der Waals surface area contributed by atoms with Crippen molar-refractivity contribution in [2.75, 3.05) is 38.6 Å². The summed E-state index contributed by atoms with van der Waals surface area (Å²) in [6.07, 6.45) is -0.402. The summed E-state index contributed by atoms with van der Waals surface area (Å²) in [5, 5.41) is 19.1. The van der Waals surface area contributed by atoms with Crippen LogP contribution in [0.25, 0.3) is 0 Å². The molecule has 1 amide bonds. The zero-order valence-electron chi connectivity index (χ0n) is 25.3. The maximum Gasteiger partial charge on any atom is 0.335 e. The molecule has 4 rings (SSSR count). The Bertz CT molecular complexity index is 1560. The van der Waals surface area contributed by atoms with E-state index in [1.54, 1.807) is 66.4 Å². The van der Waals surface area contributed by atoms with Crippen molar-refractivity contribution in [3.8, 4) is 11.5 Å². The Hall–Kier alpha value is -4.13. The summed E-state index contributed by atoms with van der Waals surface area (Å²) < 4.78 is 40.4. The number of carbonyl (C=O) groups is 2. The van der Waals surface area contributed by atoms with Crippen molar-refractivity contribution in [3.05, 3.63) is 83.4 Å². The van der Waals surface area contributed by atoms with Gasteiger partial charge in [0.2, 0.25) is 5.91 Å². The van der Waals surface area contributed by atoms with Gasteiger partial charge in [0.05, 0.1) is 36.6 Å². The van der Waals surface area contributed by atoms with E-state index >= 15 is 0 Å². The minimum absolute atomic E-state index is 0.0387. The molecule has 0 aliphatic carbocycles. The van der Waals surface area contributed by atoms with Gasteiger partial charge in [-0.2, -0.15) is 0 Å². The first-order valence-electron chi connectivity index (χ1n) is 14.3. The molecule has 1 heterocycles. The number of carboxylic acids is 1. The second kappa shape index (κ2) is 14.1. The number of ether oxygens (including phenoxy) is 2. The molecule has 0 bridgehead atoms. The quantitative estimate of drug-likeness (QED) is 0.292. The largest absolute Gasteiger partial charge is 0.497 e. The number of benzene rings is 3. The molecule has 3 aromatic carbocycles. The van der Waals surface area contributed by atoms with Crippen LogP contribution < -0.4 is 14.2 Å². The summed E-state index contributed by atoms with van der Waals surface area (Å²) in [5.74, 6) is -0.302. The average Bonchev–Trinajstić information content (AvgIpc) is 3.04. The van der Waals surface area contributed by atoms with Crippen molar-refractivity contribution >= 4 is 27.6 Å². The predicted molar refractivity (Wildman–Crippen MR) is 166 cm³/mol. The number of amides is 1. The molecule has 236 valence electrons. The van der Waals surface area contributed by atoms with E-state index < -0.39 is 22.0 Å². The predicted octanol–water partition coefficient (Wildman–Crippen LogP) is 3.48. The number of methoxy groups -OCH3 is 1. The van der Waals surface area contributed by atoms with Crippen LogP contribution in [0.4, 0.5) is 5.69 Å². The molecule has 0 spiro atoms. The molecule has 12 heteroatoms. The summed E-state index contributed by atoms with van der Waals surface area (Å²) in [6, 6.07) is 17.2. The fraction of sp³-hybridized carbons (Fsp3) is 0.375. The van der Waals surface area contributed by atoms with E-state index in [0.29, 0.717) is 36.7 Å². The SMILES string of the molecule is COc1ccc(S(=O)(=O)Nc2ccc3c(c2)CC(=O)N([C@H](C)CO)C[C@H](C)[C@H](CN(C)Cc2ccc(C(=O)O)cc2)O3)cc1. The highest BCUT2D eigenvalue weighted by Crippen LogP contribution is 2.30. The topological polar surface area (TPSA) is 146 Å². The van der Waals surface area contributed by atoms with E-state index in [4.69, 9.17) is 9.47 Å². The zero-order chi connectivity index (χ0) is 32.0. The molecule has 3 N–H and O–H groups in total. The van der Waals surface area contributed by atoms with Gasteiger partial charge in [0.15, 0.2) is 0 Å². The first kappa shape index (κ1) is 32.8. The number of carbonyl (C=O) groups excluding carboxylic acids is 1. The summed E-state index contributed by atoms with van der Waals surface area (Å²) >= 11 is 0. The second-order valence-corrected chi connectivity index (χ2v) is 12.9. The van der Waals surface area contributed by atoms with Crippen molar-refractivity contribution in [1.29, 1.82) is 0 Å². The fourth-order valence-corrected chi connectivity index (χ4v) is 6.17. The third-order valence-corrected chi connectivity index (χ3v) is 9.08. The molecule has 0 unspecified atom stereocenters. The monoisotopic (exact) mass is 625 g/mol. The highest BCUT2D eigenvalue weighted by Gasteiger charge is 2.31. The Balaban J connectivity index is 1.60. The molecule has 0 saturated heterocycles. The molecule has 0 saturated carbocycles. The molecule has 3 atom stereocenters. The Morgan fingerprint density at radius 2 is 1.82 bits per heavy atom. The van der Waals surface area contributed by atoms with Crippen molar-refractivity contribution in [3.63, 3.8) is 0 Å². The van der Waals surface area contributed by atoms with Gasteiger partial charge < -0.3 is 24.6 Å². The summed E-state index contributed by atoms with van der Waals surface area (Å²) in [7, 11) is -0.483. The van der Waals surface area contributed by atoms with Crippen LogP contribution in [0.5, 0.6) is 11.5 Å². The van der Waals surface area contributed by atoms with Crippen LogP contribution in [0, 0.1) is 5.92 Å². The van der Waals surface area contributed by atoms with E-state index in [0.717, 1.165) is 5.56 Å². The maximum absolute atomic E-state index is 13.5. The van der Waals surface area contributed by atoms with Crippen molar-refractivity contribution in [1.82, 2.24) is 9.80 Å². The van der Waals surface area contributed by atoms with Gasteiger partial charge in [-0.25, -0.2) is 13.2 Å². The van der Waals surface area contributed by atoms with E-state index in [-0.39, 0.29) is 47.1 Å². The van der Waals surface area contributed by atoms with Crippen molar-refractivity contribution < 1.29 is 37.7 Å². The van der Waals surface area contributed by atoms with Crippen LogP contribution in [0.15, 0.2) is 71.6 Å². The van der Waals surface area contributed by atoms with E-state index in [1.165, 1.54) is 19.2 Å². The first-order valence-corrected chi connectivity index (χ1v) is 15.8. The van der Waals surface area contributed by atoms with Gasteiger partial charge in [-0.1, -0.05) is 19.1 Å². The number of aliphatic hydroxyl groups is 1. The van der Waals surface area contributed by atoms with Crippen LogP contribution in [0.3, 0.4) is 0 Å². The number of hydrogen-bond acceptors (Lipinski definition) is 8. The Morgan fingerprint density at radius 1 is 1.14 bits per heavy atom.